The summed E-state index contributed by atoms with van der Waals surface area (Å²) in [6, 6.07) is 9.36. The maximum atomic E-state index is 11.2. The second kappa shape index (κ2) is 5.31. The number of Topliss-reactive ketones (excluding diaryl/α,β-unsaturated/α-hetero) is 1. The Labute approximate surface area is 114 Å². The third-order valence-electron chi connectivity index (χ3n) is 2.60. The summed E-state index contributed by atoms with van der Waals surface area (Å²) in [6.07, 6.45) is 1.75. The molecule has 0 saturated heterocycles. The number of rotatable bonds is 3. The van der Waals surface area contributed by atoms with Crippen molar-refractivity contribution in [3.05, 3.63) is 52.1 Å². The maximum Gasteiger partial charge on any atom is 0.159 e. The number of halogens is 1. The van der Waals surface area contributed by atoms with Crippen LogP contribution in [0.25, 0.3) is 0 Å². The molecule has 0 unspecified atom stereocenters. The molecule has 18 heavy (non-hydrogen) atoms. The summed E-state index contributed by atoms with van der Waals surface area (Å²) >= 11 is 3.38. The van der Waals surface area contributed by atoms with E-state index in [0.29, 0.717) is 5.56 Å². The van der Waals surface area contributed by atoms with Gasteiger partial charge >= 0.3 is 0 Å². The smallest absolute Gasteiger partial charge is 0.159 e. The van der Waals surface area contributed by atoms with Crippen LogP contribution in [0.5, 0.6) is 0 Å². The molecule has 2 aromatic rings. The van der Waals surface area contributed by atoms with Crippen LogP contribution in [-0.4, -0.2) is 10.8 Å². The molecule has 1 heterocycles. The zero-order valence-electron chi connectivity index (χ0n) is 10.2. The van der Waals surface area contributed by atoms with Gasteiger partial charge in [-0.25, -0.2) is 4.98 Å². The Hall–Kier alpha value is -1.68. The van der Waals surface area contributed by atoms with Crippen LogP contribution in [0.2, 0.25) is 0 Å². The topological polar surface area (TPSA) is 42.0 Å². The predicted octanol–water partition coefficient (Wildman–Crippen LogP) is 4.10. The van der Waals surface area contributed by atoms with E-state index in [9.17, 15) is 4.79 Å². The SMILES string of the molecule is CC(=O)c1ccc(Nc2ncc(Br)cc2C)cc1. The van der Waals surface area contributed by atoms with E-state index in [1.165, 1.54) is 0 Å². The summed E-state index contributed by atoms with van der Waals surface area (Å²) in [5.74, 6) is 0.883. The Kier molecular flexibility index (Phi) is 3.77. The van der Waals surface area contributed by atoms with Gasteiger partial charge in [0.25, 0.3) is 0 Å². The highest BCUT2D eigenvalue weighted by atomic mass is 79.9. The number of carbonyl (C=O) groups is 1. The van der Waals surface area contributed by atoms with Crippen LogP contribution in [0.15, 0.2) is 41.0 Å². The Morgan fingerprint density at radius 3 is 2.50 bits per heavy atom. The number of aromatic nitrogens is 1. The summed E-state index contributed by atoms with van der Waals surface area (Å²) < 4.78 is 0.956. The molecule has 0 bridgehead atoms. The molecule has 0 spiro atoms. The Balaban J connectivity index is 2.21. The molecule has 0 aliphatic rings. The molecule has 0 atom stereocenters. The number of hydrogen-bond donors (Lipinski definition) is 1. The zero-order valence-corrected chi connectivity index (χ0v) is 11.8. The Morgan fingerprint density at radius 1 is 1.28 bits per heavy atom. The first kappa shape index (κ1) is 12.8. The van der Waals surface area contributed by atoms with Crippen LogP contribution >= 0.6 is 15.9 Å². The molecular weight excluding hydrogens is 292 g/mol. The van der Waals surface area contributed by atoms with Crippen LogP contribution in [0, 0.1) is 6.92 Å². The molecule has 0 amide bonds. The number of nitrogens with zero attached hydrogens (tertiary/aromatic N) is 1. The van der Waals surface area contributed by atoms with Crippen molar-refractivity contribution in [1.82, 2.24) is 4.98 Å². The molecule has 4 heteroatoms. The van der Waals surface area contributed by atoms with Crippen molar-refractivity contribution in [3.8, 4) is 0 Å². The fraction of sp³-hybridized carbons (Fsp3) is 0.143. The van der Waals surface area contributed by atoms with Crippen molar-refractivity contribution in [1.29, 1.82) is 0 Å². The van der Waals surface area contributed by atoms with Gasteiger partial charge in [0.15, 0.2) is 5.78 Å². The lowest BCUT2D eigenvalue weighted by molar-refractivity contribution is 0.101. The lowest BCUT2D eigenvalue weighted by atomic mass is 10.1. The van der Waals surface area contributed by atoms with Gasteiger partial charge < -0.3 is 5.32 Å². The average molecular weight is 305 g/mol. The Morgan fingerprint density at radius 2 is 1.94 bits per heavy atom. The first-order valence-corrected chi connectivity index (χ1v) is 6.36. The molecular formula is C14H13BrN2O. The minimum absolute atomic E-state index is 0.0690. The molecule has 92 valence electrons. The van der Waals surface area contributed by atoms with Gasteiger partial charge in [0.1, 0.15) is 5.82 Å². The number of nitrogens with one attached hydrogen (secondary N) is 1. The van der Waals surface area contributed by atoms with E-state index < -0.39 is 0 Å². The highest BCUT2D eigenvalue weighted by molar-refractivity contribution is 9.10. The summed E-state index contributed by atoms with van der Waals surface area (Å²) in [7, 11) is 0. The second-order valence-corrected chi connectivity index (χ2v) is 4.99. The monoisotopic (exact) mass is 304 g/mol. The standard InChI is InChI=1S/C14H13BrN2O/c1-9-7-12(15)8-16-14(9)17-13-5-3-11(4-6-13)10(2)18/h3-8H,1-2H3,(H,16,17). The Bertz CT molecular complexity index is 579. The van der Waals surface area contributed by atoms with Crippen molar-refractivity contribution < 1.29 is 4.79 Å². The summed E-state index contributed by atoms with van der Waals surface area (Å²) in [4.78, 5) is 15.5. The molecule has 2 rings (SSSR count). The van der Waals surface area contributed by atoms with Gasteiger partial charge in [0.05, 0.1) is 0 Å². The van der Waals surface area contributed by atoms with Crippen molar-refractivity contribution >= 4 is 33.2 Å². The number of anilines is 2. The molecule has 0 aliphatic carbocycles. The van der Waals surface area contributed by atoms with E-state index >= 15 is 0 Å². The van der Waals surface area contributed by atoms with Gasteiger partial charge in [-0.15, -0.1) is 0 Å². The van der Waals surface area contributed by atoms with Gasteiger partial charge in [0.2, 0.25) is 0 Å². The highest BCUT2D eigenvalue weighted by Gasteiger charge is 2.02. The van der Waals surface area contributed by atoms with E-state index in [-0.39, 0.29) is 5.78 Å². The van der Waals surface area contributed by atoms with Crippen molar-refractivity contribution in [2.45, 2.75) is 13.8 Å². The van der Waals surface area contributed by atoms with Gasteiger partial charge in [-0.3, -0.25) is 4.79 Å². The van der Waals surface area contributed by atoms with Gasteiger partial charge in [-0.2, -0.15) is 0 Å². The van der Waals surface area contributed by atoms with E-state index in [4.69, 9.17) is 0 Å². The molecule has 0 saturated carbocycles. The zero-order chi connectivity index (χ0) is 13.1. The van der Waals surface area contributed by atoms with Crippen molar-refractivity contribution in [2.24, 2.45) is 0 Å². The lowest BCUT2D eigenvalue weighted by Crippen LogP contribution is -1.97. The number of pyridine rings is 1. The number of hydrogen-bond acceptors (Lipinski definition) is 3. The quantitative estimate of drug-likeness (QED) is 0.868. The van der Waals surface area contributed by atoms with Crippen molar-refractivity contribution in [2.75, 3.05) is 5.32 Å². The molecule has 0 fully saturated rings. The molecule has 0 aliphatic heterocycles. The van der Waals surface area contributed by atoms with Crippen LogP contribution in [0.4, 0.5) is 11.5 Å². The minimum atomic E-state index is 0.0690. The maximum absolute atomic E-state index is 11.2. The van der Waals surface area contributed by atoms with E-state index in [1.54, 1.807) is 25.3 Å². The molecule has 1 aromatic carbocycles. The molecule has 0 radical (unpaired) electrons. The summed E-state index contributed by atoms with van der Waals surface area (Å²) in [6.45, 7) is 3.55. The third kappa shape index (κ3) is 2.96. The van der Waals surface area contributed by atoms with Crippen LogP contribution in [-0.2, 0) is 0 Å². The lowest BCUT2D eigenvalue weighted by Gasteiger charge is -2.09. The second-order valence-electron chi connectivity index (χ2n) is 4.08. The summed E-state index contributed by atoms with van der Waals surface area (Å²) in [5.41, 5.74) is 2.68. The number of aryl methyl sites for hydroxylation is 1. The fourth-order valence-electron chi connectivity index (χ4n) is 1.60. The van der Waals surface area contributed by atoms with Crippen LogP contribution in [0.3, 0.4) is 0 Å². The first-order valence-electron chi connectivity index (χ1n) is 5.56. The largest absolute Gasteiger partial charge is 0.340 e. The highest BCUT2D eigenvalue weighted by Crippen LogP contribution is 2.21. The van der Waals surface area contributed by atoms with E-state index in [1.807, 2.05) is 25.1 Å². The number of benzene rings is 1. The number of carbonyl (C=O) groups excluding carboxylic acids is 1. The predicted molar refractivity (Wildman–Crippen MR) is 76.4 cm³/mol. The van der Waals surface area contributed by atoms with E-state index in [2.05, 4.69) is 26.2 Å². The fourth-order valence-corrected chi connectivity index (χ4v) is 2.04. The first-order chi connectivity index (χ1) is 8.56. The molecule has 3 nitrogen and oxygen atoms in total. The van der Waals surface area contributed by atoms with E-state index in [0.717, 1.165) is 21.5 Å². The minimum Gasteiger partial charge on any atom is -0.340 e. The normalized spacial score (nSPS) is 10.2. The van der Waals surface area contributed by atoms with Crippen LogP contribution < -0.4 is 5.32 Å². The van der Waals surface area contributed by atoms with Gasteiger partial charge in [0, 0.05) is 21.9 Å². The molecule has 1 N–H and O–H groups in total. The average Bonchev–Trinajstić information content (AvgIpc) is 2.33. The van der Waals surface area contributed by atoms with Gasteiger partial charge in [-0.05, 0) is 65.7 Å². The molecule has 1 aromatic heterocycles. The third-order valence-corrected chi connectivity index (χ3v) is 3.03. The van der Waals surface area contributed by atoms with Crippen molar-refractivity contribution in [3.63, 3.8) is 0 Å². The summed E-state index contributed by atoms with van der Waals surface area (Å²) in [5, 5.41) is 3.22. The number of ketones is 1. The van der Waals surface area contributed by atoms with Gasteiger partial charge in [-0.1, -0.05) is 0 Å². The van der Waals surface area contributed by atoms with Crippen LogP contribution in [0.1, 0.15) is 22.8 Å².